The van der Waals surface area contributed by atoms with Crippen molar-refractivity contribution in [3.8, 4) is 6.07 Å². The van der Waals surface area contributed by atoms with Gasteiger partial charge in [0.1, 0.15) is 0 Å². The number of nitrogens with zero attached hydrogens (tertiary/aromatic N) is 1. The van der Waals surface area contributed by atoms with Crippen molar-refractivity contribution in [2.75, 3.05) is 0 Å². The molecule has 0 aliphatic carbocycles. The van der Waals surface area contributed by atoms with E-state index >= 15 is 0 Å². The summed E-state index contributed by atoms with van der Waals surface area (Å²) >= 11 is 5.49. The zero-order chi connectivity index (χ0) is 11.4. The van der Waals surface area contributed by atoms with Gasteiger partial charge < -0.3 is 4.98 Å². The van der Waals surface area contributed by atoms with E-state index in [-0.39, 0.29) is 29.0 Å². The van der Waals surface area contributed by atoms with Crippen LogP contribution in [0.3, 0.4) is 0 Å². The van der Waals surface area contributed by atoms with Crippen molar-refractivity contribution in [3.63, 3.8) is 0 Å². The minimum absolute atomic E-state index is 0.0188. The predicted octanol–water partition coefficient (Wildman–Crippen LogP) is 2.12. The summed E-state index contributed by atoms with van der Waals surface area (Å²) in [4.78, 5) is 13.4. The van der Waals surface area contributed by atoms with Gasteiger partial charge in [0, 0.05) is 23.2 Å². The van der Waals surface area contributed by atoms with Crippen molar-refractivity contribution >= 4 is 11.6 Å². The van der Waals surface area contributed by atoms with Crippen molar-refractivity contribution in [1.82, 2.24) is 4.98 Å². The van der Waals surface area contributed by atoms with Crippen LogP contribution in [0.25, 0.3) is 0 Å². The van der Waals surface area contributed by atoms with Gasteiger partial charge in [-0.15, -0.1) is 11.6 Å². The predicted molar refractivity (Wildman–Crippen MR) is 50.9 cm³/mol. The topological polar surface area (TPSA) is 56.6 Å². The first-order valence-corrected chi connectivity index (χ1v) is 4.59. The average Bonchev–Trinajstić information content (AvgIpc) is 2.20. The van der Waals surface area contributed by atoms with Crippen molar-refractivity contribution in [2.45, 2.75) is 18.7 Å². The Labute approximate surface area is 89.3 Å². The first-order valence-electron chi connectivity index (χ1n) is 4.06. The normalized spacial score (nSPS) is 10.3. The Morgan fingerprint density at radius 1 is 1.53 bits per heavy atom. The summed E-state index contributed by atoms with van der Waals surface area (Å²) in [5.74, 6) is -0.208. The number of H-pyrrole nitrogens is 1. The molecule has 0 atom stereocenters. The number of aromatic nitrogens is 1. The highest BCUT2D eigenvalue weighted by Crippen LogP contribution is 2.24. The molecule has 0 radical (unpaired) electrons. The van der Waals surface area contributed by atoms with Gasteiger partial charge in [0.25, 0.3) is 12.0 Å². The van der Waals surface area contributed by atoms with E-state index in [1.54, 1.807) is 6.07 Å². The Morgan fingerprint density at radius 2 is 2.20 bits per heavy atom. The molecule has 0 spiro atoms. The third-order valence-corrected chi connectivity index (χ3v) is 2.24. The van der Waals surface area contributed by atoms with Crippen LogP contribution < -0.4 is 5.56 Å². The maximum absolute atomic E-state index is 12.5. The molecular weight excluding hydrogens is 226 g/mol. The Bertz CT molecular complexity index is 450. The van der Waals surface area contributed by atoms with E-state index in [2.05, 4.69) is 4.98 Å². The average molecular weight is 233 g/mol. The molecule has 0 bridgehead atoms. The van der Waals surface area contributed by atoms with Crippen LogP contribution in [0.2, 0.25) is 0 Å². The number of halogens is 3. The van der Waals surface area contributed by atoms with Crippen molar-refractivity contribution in [2.24, 2.45) is 0 Å². The number of nitrogens with one attached hydrogen (secondary N) is 1. The summed E-state index contributed by atoms with van der Waals surface area (Å²) in [6, 6.07) is 1.74. The lowest BCUT2D eigenvalue weighted by atomic mass is 10.0. The molecule has 0 fully saturated rings. The SMILES string of the molecule is N#CCc1c(CCl)c(C(F)F)c[nH]c1=O. The van der Waals surface area contributed by atoms with Gasteiger partial charge in [-0.1, -0.05) is 0 Å². The van der Waals surface area contributed by atoms with E-state index in [1.165, 1.54) is 0 Å². The fraction of sp³-hybridized carbons (Fsp3) is 0.333. The van der Waals surface area contributed by atoms with Gasteiger partial charge >= 0.3 is 0 Å². The first-order chi connectivity index (χ1) is 7.11. The number of alkyl halides is 3. The first kappa shape index (κ1) is 11.7. The van der Waals surface area contributed by atoms with Crippen LogP contribution in [0.1, 0.15) is 23.1 Å². The molecule has 0 unspecified atom stereocenters. The molecule has 80 valence electrons. The molecule has 1 heterocycles. The van der Waals surface area contributed by atoms with Crippen molar-refractivity contribution in [1.29, 1.82) is 5.26 Å². The molecule has 1 rings (SSSR count). The Morgan fingerprint density at radius 3 is 2.67 bits per heavy atom. The molecule has 3 nitrogen and oxygen atoms in total. The number of pyridine rings is 1. The van der Waals surface area contributed by atoms with Crippen LogP contribution in [0.15, 0.2) is 11.0 Å². The molecule has 15 heavy (non-hydrogen) atoms. The van der Waals surface area contributed by atoms with E-state index < -0.39 is 12.0 Å². The van der Waals surface area contributed by atoms with E-state index in [9.17, 15) is 13.6 Å². The lowest BCUT2D eigenvalue weighted by molar-refractivity contribution is 0.150. The summed E-state index contributed by atoms with van der Waals surface area (Å²) in [5.41, 5.74) is -0.797. The maximum atomic E-state index is 12.5. The monoisotopic (exact) mass is 232 g/mol. The summed E-state index contributed by atoms with van der Waals surface area (Å²) in [5, 5.41) is 8.46. The Kier molecular flexibility index (Phi) is 3.81. The summed E-state index contributed by atoms with van der Waals surface area (Å²) in [7, 11) is 0. The molecular formula is C9H7ClF2N2O. The van der Waals surface area contributed by atoms with Gasteiger partial charge in [0.2, 0.25) is 0 Å². The van der Waals surface area contributed by atoms with Gasteiger partial charge in [-0.3, -0.25) is 4.79 Å². The highest BCUT2D eigenvalue weighted by atomic mass is 35.5. The lowest BCUT2D eigenvalue weighted by Crippen LogP contribution is -2.16. The highest BCUT2D eigenvalue weighted by molar-refractivity contribution is 6.17. The van der Waals surface area contributed by atoms with E-state index in [0.717, 1.165) is 6.20 Å². The molecule has 6 heteroatoms. The second kappa shape index (κ2) is 4.89. The summed E-state index contributed by atoms with van der Waals surface area (Å²) < 4.78 is 25.0. The molecule has 0 aliphatic rings. The van der Waals surface area contributed by atoms with Crippen molar-refractivity contribution < 1.29 is 8.78 Å². The molecule has 0 aliphatic heterocycles. The quantitative estimate of drug-likeness (QED) is 0.812. The Balaban J connectivity index is 3.41. The van der Waals surface area contributed by atoms with E-state index in [4.69, 9.17) is 16.9 Å². The number of nitriles is 1. The van der Waals surface area contributed by atoms with Crippen LogP contribution in [0, 0.1) is 11.3 Å². The lowest BCUT2D eigenvalue weighted by Gasteiger charge is -2.08. The van der Waals surface area contributed by atoms with Crippen LogP contribution in [-0.4, -0.2) is 4.98 Å². The van der Waals surface area contributed by atoms with E-state index in [0.29, 0.717) is 0 Å². The molecule has 1 aromatic heterocycles. The number of aromatic amines is 1. The second-order valence-corrected chi connectivity index (χ2v) is 3.07. The van der Waals surface area contributed by atoms with E-state index in [1.807, 2.05) is 0 Å². The largest absolute Gasteiger partial charge is 0.328 e. The van der Waals surface area contributed by atoms with Crippen LogP contribution >= 0.6 is 11.6 Å². The summed E-state index contributed by atoms with van der Waals surface area (Å²) in [6.07, 6.45) is -2.00. The molecule has 1 N–H and O–H groups in total. The zero-order valence-corrected chi connectivity index (χ0v) is 8.31. The van der Waals surface area contributed by atoms with Gasteiger partial charge in [0.05, 0.1) is 12.5 Å². The highest BCUT2D eigenvalue weighted by Gasteiger charge is 2.17. The van der Waals surface area contributed by atoms with Crippen LogP contribution in [0.5, 0.6) is 0 Å². The zero-order valence-electron chi connectivity index (χ0n) is 7.56. The maximum Gasteiger partial charge on any atom is 0.265 e. The smallest absolute Gasteiger partial charge is 0.265 e. The third kappa shape index (κ3) is 2.34. The fourth-order valence-corrected chi connectivity index (χ4v) is 1.56. The third-order valence-electron chi connectivity index (χ3n) is 1.97. The van der Waals surface area contributed by atoms with Crippen molar-refractivity contribution in [3.05, 3.63) is 33.2 Å². The number of rotatable bonds is 3. The molecule has 1 aromatic rings. The second-order valence-electron chi connectivity index (χ2n) is 2.80. The van der Waals surface area contributed by atoms with Crippen LogP contribution in [0.4, 0.5) is 8.78 Å². The molecule has 0 saturated carbocycles. The van der Waals surface area contributed by atoms with Gasteiger partial charge in [-0.05, 0) is 5.56 Å². The standard InChI is InChI=1S/C9H7ClF2N2O/c10-3-6-5(1-2-13)9(15)14-4-7(6)8(11)12/h4,8H,1,3H2,(H,14,15). The Hall–Kier alpha value is -1.41. The number of hydrogen-bond acceptors (Lipinski definition) is 2. The molecule has 0 amide bonds. The number of hydrogen-bond donors (Lipinski definition) is 1. The molecule has 0 aromatic carbocycles. The van der Waals surface area contributed by atoms with Gasteiger partial charge in [-0.25, -0.2) is 8.78 Å². The van der Waals surface area contributed by atoms with Gasteiger partial charge in [-0.2, -0.15) is 5.26 Å². The van der Waals surface area contributed by atoms with Gasteiger partial charge in [0.15, 0.2) is 0 Å². The molecule has 0 saturated heterocycles. The summed E-state index contributed by atoms with van der Waals surface area (Å²) in [6.45, 7) is 0. The minimum atomic E-state index is -2.71. The fourth-order valence-electron chi connectivity index (χ4n) is 1.25. The van der Waals surface area contributed by atoms with Crippen LogP contribution in [-0.2, 0) is 12.3 Å². The minimum Gasteiger partial charge on any atom is -0.328 e.